The molecule has 0 saturated carbocycles. The van der Waals surface area contributed by atoms with E-state index in [-0.39, 0.29) is 47.9 Å². The summed E-state index contributed by atoms with van der Waals surface area (Å²) >= 11 is 5.45. The van der Waals surface area contributed by atoms with Crippen LogP contribution < -0.4 is 10.4 Å². The third kappa shape index (κ3) is 8.18. The lowest BCUT2D eigenvalue weighted by molar-refractivity contribution is -0.122. The highest BCUT2D eigenvalue weighted by Crippen LogP contribution is 2.60. The number of allylic oxidation sites excluding steroid dienone is 3. The van der Waals surface area contributed by atoms with E-state index >= 15 is 0 Å². The summed E-state index contributed by atoms with van der Waals surface area (Å²) in [6, 6.07) is 0. The van der Waals surface area contributed by atoms with Gasteiger partial charge in [-0.1, -0.05) is 35.0 Å². The number of aliphatic hydroxyl groups excluding tert-OH is 1. The summed E-state index contributed by atoms with van der Waals surface area (Å²) in [4.78, 5) is 35.0. The fraction of sp³-hybridized carbons (Fsp3) is 0.444. The minimum absolute atomic E-state index is 0.103. The molecule has 4 unspecified atom stereocenters. The predicted molar refractivity (Wildman–Crippen MR) is 121 cm³/mol. The van der Waals surface area contributed by atoms with E-state index in [4.69, 9.17) is 16.3 Å². The number of hydrogen-bond acceptors (Lipinski definition) is 6. The normalized spacial score (nSPS) is 25.2. The molecule has 1 saturated heterocycles. The molecule has 0 aromatic heterocycles. The van der Waals surface area contributed by atoms with Gasteiger partial charge in [-0.25, -0.2) is 4.39 Å². The van der Waals surface area contributed by atoms with Crippen molar-refractivity contribution < 1.29 is 23.8 Å². The van der Waals surface area contributed by atoms with Crippen molar-refractivity contribution in [1.29, 1.82) is 0 Å². The quantitative estimate of drug-likeness (QED) is 0.161. The summed E-state index contributed by atoms with van der Waals surface area (Å²) < 4.78 is 20.3. The number of aliphatic hydroxyl groups is 1. The third-order valence-electron chi connectivity index (χ3n) is 4.26. The number of carbonyl (C=O) groups excluding carboxylic acids is 2. The molecule has 30 heavy (non-hydrogen) atoms. The van der Waals surface area contributed by atoms with Crippen LogP contribution in [-0.4, -0.2) is 53.2 Å². The highest BCUT2D eigenvalue weighted by Gasteiger charge is 2.44. The molecule has 1 aliphatic rings. The Bertz CT molecular complexity index is 739. The minimum atomic E-state index is -1.76. The number of nitroso groups, excluding NO2 is 1. The lowest BCUT2D eigenvalue weighted by Crippen LogP contribution is -2.45. The minimum Gasteiger partial charge on any atom is -0.484 e. The van der Waals surface area contributed by atoms with Gasteiger partial charge in [-0.3, -0.25) is 9.59 Å². The molecule has 168 valence electrons. The topological polar surface area (TPSA) is 117 Å². The van der Waals surface area contributed by atoms with Crippen molar-refractivity contribution >= 4 is 41.7 Å². The number of nitrogens with one attached hydrogen (secondary N) is 2. The molecule has 0 aromatic carbocycles. The second kappa shape index (κ2) is 12.8. The van der Waals surface area contributed by atoms with Crippen molar-refractivity contribution in [2.45, 2.75) is 23.9 Å². The van der Waals surface area contributed by atoms with Crippen molar-refractivity contribution in [3.8, 4) is 0 Å². The molecule has 2 amide bonds. The second-order valence-corrected chi connectivity index (χ2v) is 12.2. The standard InChI is InChI=1S/C18H26ClFN3O5PS/c1-4-29(22-16(24)12-28-13(2)5-6-14(19)11-20)17(25)7-9-21-18(26)15-8-10-30(15,3)23-27/h4-6,11,15,17,25H,1-2,7-10,12H2,3H3,(H,21,26)(H,22,24)/b6-5-,14-11-. The maximum Gasteiger partial charge on any atom is 0.261 e. The van der Waals surface area contributed by atoms with E-state index in [0.29, 0.717) is 12.2 Å². The molecule has 1 aliphatic heterocycles. The first-order valence-corrected chi connectivity index (χ1v) is 13.0. The van der Waals surface area contributed by atoms with Crippen LogP contribution in [0.15, 0.2) is 52.8 Å². The molecular formula is C18H26ClFN3O5PS. The Balaban J connectivity index is 2.37. The Morgan fingerprint density at radius 3 is 2.73 bits per heavy atom. The molecule has 0 bridgehead atoms. The smallest absolute Gasteiger partial charge is 0.261 e. The number of amides is 2. The van der Waals surface area contributed by atoms with Crippen LogP contribution in [0.5, 0.6) is 0 Å². The lowest BCUT2D eigenvalue weighted by atomic mass is 10.3. The second-order valence-electron chi connectivity index (χ2n) is 6.43. The molecule has 12 heteroatoms. The van der Waals surface area contributed by atoms with Gasteiger partial charge in [-0.2, -0.15) is 0 Å². The van der Waals surface area contributed by atoms with Gasteiger partial charge in [0.05, 0.1) is 16.1 Å². The highest BCUT2D eigenvalue weighted by molar-refractivity contribution is 8.34. The fourth-order valence-corrected chi connectivity index (χ4v) is 5.62. The average molecular weight is 482 g/mol. The Morgan fingerprint density at radius 2 is 2.20 bits per heavy atom. The predicted octanol–water partition coefficient (Wildman–Crippen LogP) is 3.49. The Kier molecular flexibility index (Phi) is 11.3. The van der Waals surface area contributed by atoms with Crippen molar-refractivity contribution in [2.75, 3.05) is 25.2 Å². The maximum absolute atomic E-state index is 12.1. The fourth-order valence-electron chi connectivity index (χ4n) is 2.44. The van der Waals surface area contributed by atoms with Crippen LogP contribution in [0.3, 0.4) is 0 Å². The summed E-state index contributed by atoms with van der Waals surface area (Å²) in [6.07, 6.45) is 5.28. The number of ether oxygens (including phenoxy) is 1. The van der Waals surface area contributed by atoms with Gasteiger partial charge in [-0.05, 0) is 41.6 Å². The molecule has 0 spiro atoms. The molecule has 1 fully saturated rings. The molecule has 8 nitrogen and oxygen atoms in total. The van der Waals surface area contributed by atoms with E-state index in [0.717, 1.165) is 0 Å². The number of nitrogens with zero attached hydrogens (tertiary/aromatic N) is 1. The van der Waals surface area contributed by atoms with E-state index in [1.165, 1.54) is 18.0 Å². The average Bonchev–Trinajstić information content (AvgIpc) is 2.72. The number of hydrogen-bond donors (Lipinski definition) is 3. The van der Waals surface area contributed by atoms with Gasteiger partial charge in [0.1, 0.15) is 12.1 Å². The molecule has 1 rings (SSSR count). The summed E-state index contributed by atoms with van der Waals surface area (Å²) in [5, 5.41) is 15.1. The van der Waals surface area contributed by atoms with Crippen LogP contribution in [0, 0.1) is 4.91 Å². The van der Waals surface area contributed by atoms with Crippen molar-refractivity contribution in [3.63, 3.8) is 0 Å². The summed E-state index contributed by atoms with van der Waals surface area (Å²) in [5.74, 6) is 0.532. The van der Waals surface area contributed by atoms with Crippen LogP contribution in [0.25, 0.3) is 0 Å². The van der Waals surface area contributed by atoms with Gasteiger partial charge in [-0.15, -0.1) is 4.91 Å². The van der Waals surface area contributed by atoms with E-state index in [1.807, 2.05) is 0 Å². The Hall–Kier alpha value is -1.74. The van der Waals surface area contributed by atoms with Crippen molar-refractivity contribution in [2.24, 2.45) is 4.58 Å². The molecular weight excluding hydrogens is 456 g/mol. The SMILES string of the molecule is C=CP(NC(=O)COC(=C)/C=C\C(Cl)=C\F)C(O)CCNC(=O)C1CCS1(C)N=O. The number of halogens is 2. The number of rotatable bonds is 13. The third-order valence-corrected chi connectivity index (χ3v) is 9.35. The summed E-state index contributed by atoms with van der Waals surface area (Å²) in [7, 11) is -3.23. The van der Waals surface area contributed by atoms with Gasteiger partial charge >= 0.3 is 0 Å². The zero-order valence-electron chi connectivity index (χ0n) is 16.6. The van der Waals surface area contributed by atoms with Crippen LogP contribution in [-0.2, 0) is 14.3 Å². The van der Waals surface area contributed by atoms with E-state index in [2.05, 4.69) is 28.1 Å². The molecule has 3 N–H and O–H groups in total. The summed E-state index contributed by atoms with van der Waals surface area (Å²) in [6.45, 7) is 6.98. The van der Waals surface area contributed by atoms with Gasteiger partial charge in [0, 0.05) is 20.4 Å². The number of carbonyl (C=O) groups is 2. The van der Waals surface area contributed by atoms with Crippen molar-refractivity contribution in [1.82, 2.24) is 10.4 Å². The van der Waals surface area contributed by atoms with Crippen LogP contribution >= 0.6 is 29.9 Å². The highest BCUT2D eigenvalue weighted by atomic mass is 35.5. The largest absolute Gasteiger partial charge is 0.484 e. The van der Waals surface area contributed by atoms with Crippen LogP contribution in [0.1, 0.15) is 12.8 Å². The maximum atomic E-state index is 12.1. The molecule has 1 heterocycles. The zero-order valence-corrected chi connectivity index (χ0v) is 19.0. The van der Waals surface area contributed by atoms with E-state index in [9.17, 15) is 24.0 Å². The van der Waals surface area contributed by atoms with E-state index in [1.54, 1.807) is 6.26 Å². The van der Waals surface area contributed by atoms with Gasteiger partial charge in [0.15, 0.2) is 6.61 Å². The van der Waals surface area contributed by atoms with Gasteiger partial charge in [0.25, 0.3) is 5.91 Å². The van der Waals surface area contributed by atoms with Crippen LogP contribution in [0.4, 0.5) is 4.39 Å². The summed E-state index contributed by atoms with van der Waals surface area (Å²) in [5.41, 5.74) is 0. The lowest BCUT2D eigenvalue weighted by Gasteiger charge is -2.44. The monoisotopic (exact) mass is 481 g/mol. The zero-order chi connectivity index (χ0) is 22.7. The molecule has 0 radical (unpaired) electrons. The van der Waals surface area contributed by atoms with Crippen LogP contribution in [0.2, 0.25) is 0 Å². The first kappa shape index (κ1) is 26.3. The molecule has 0 aromatic rings. The molecule has 4 atom stereocenters. The Labute approximate surface area is 182 Å². The first-order chi connectivity index (χ1) is 14.2. The van der Waals surface area contributed by atoms with Crippen molar-refractivity contribution in [3.05, 3.63) is 53.2 Å². The van der Waals surface area contributed by atoms with E-state index < -0.39 is 30.0 Å². The molecule has 0 aliphatic carbocycles. The Morgan fingerprint density at radius 1 is 1.50 bits per heavy atom. The van der Waals surface area contributed by atoms with Gasteiger partial charge in [0.2, 0.25) is 5.91 Å². The van der Waals surface area contributed by atoms with Gasteiger partial charge < -0.3 is 20.2 Å². The first-order valence-electron chi connectivity index (χ1n) is 8.88.